The molecule has 1 atom stereocenters. The first-order valence-electron chi connectivity index (χ1n) is 4.28. The van der Waals surface area contributed by atoms with Crippen molar-refractivity contribution >= 4 is 5.97 Å². The molecule has 0 aliphatic heterocycles. The summed E-state index contributed by atoms with van der Waals surface area (Å²) in [7, 11) is 0. The van der Waals surface area contributed by atoms with Crippen LogP contribution in [0.15, 0.2) is 12.2 Å². The van der Waals surface area contributed by atoms with Gasteiger partial charge in [0, 0.05) is 6.42 Å². The maximum Gasteiger partial charge on any atom is 0.308 e. The molecule has 2 heteroatoms. The first kappa shape index (κ1) is 11.2. The number of hydrogen-bond donors (Lipinski definition) is 0. The Hall–Kier alpha value is -0.790. The maximum absolute atomic E-state index is 11.1. The molecule has 0 aromatic heterocycles. The topological polar surface area (TPSA) is 26.3 Å². The summed E-state index contributed by atoms with van der Waals surface area (Å²) >= 11 is 0. The quantitative estimate of drug-likeness (QED) is 0.478. The Kier molecular flexibility index (Phi) is 4.64. The summed E-state index contributed by atoms with van der Waals surface area (Å²) in [6.07, 6.45) is 0.704. The third kappa shape index (κ3) is 4.94. The largest absolute Gasteiger partial charge is 0.462 e. The Morgan fingerprint density at radius 1 is 1.42 bits per heavy atom. The van der Waals surface area contributed by atoms with Crippen LogP contribution in [0.3, 0.4) is 0 Å². The molecule has 0 saturated carbocycles. The summed E-state index contributed by atoms with van der Waals surface area (Å²) in [6, 6.07) is 0. The van der Waals surface area contributed by atoms with Gasteiger partial charge in [-0.05, 0) is 13.8 Å². The van der Waals surface area contributed by atoms with Crippen LogP contribution in [-0.4, -0.2) is 12.1 Å². The number of esters is 1. The molecule has 0 bridgehead atoms. The summed E-state index contributed by atoms with van der Waals surface area (Å²) in [5.41, 5.74) is 1.04. The van der Waals surface area contributed by atoms with Gasteiger partial charge in [-0.3, -0.25) is 4.79 Å². The molecule has 0 N–H and O–H groups in total. The predicted molar refractivity (Wildman–Crippen MR) is 49.8 cm³/mol. The highest BCUT2D eigenvalue weighted by Gasteiger charge is 2.12. The minimum atomic E-state index is -0.135. The van der Waals surface area contributed by atoms with Gasteiger partial charge >= 0.3 is 5.97 Å². The average molecular weight is 170 g/mol. The number of ether oxygens (including phenoxy) is 1. The molecule has 1 unspecified atom stereocenters. The summed E-state index contributed by atoms with van der Waals surface area (Å²) < 4.78 is 5.12. The van der Waals surface area contributed by atoms with E-state index in [1.807, 2.05) is 27.7 Å². The van der Waals surface area contributed by atoms with Crippen LogP contribution in [0.5, 0.6) is 0 Å². The second kappa shape index (κ2) is 4.96. The lowest BCUT2D eigenvalue weighted by Gasteiger charge is -2.14. The molecule has 0 aromatic rings. The Bertz CT molecular complexity index is 171. The fraction of sp³-hybridized carbons (Fsp3) is 0.700. The molecule has 0 fully saturated rings. The fourth-order valence-corrected chi connectivity index (χ4v) is 0.867. The van der Waals surface area contributed by atoms with Crippen LogP contribution in [0.25, 0.3) is 0 Å². The van der Waals surface area contributed by atoms with Gasteiger partial charge in [0.05, 0.1) is 5.92 Å². The van der Waals surface area contributed by atoms with Gasteiger partial charge < -0.3 is 4.74 Å². The van der Waals surface area contributed by atoms with E-state index in [1.54, 1.807) is 0 Å². The molecule has 0 radical (unpaired) electrons. The van der Waals surface area contributed by atoms with E-state index >= 15 is 0 Å². The third-order valence-electron chi connectivity index (χ3n) is 1.42. The first-order chi connectivity index (χ1) is 5.43. The number of rotatable bonds is 4. The van der Waals surface area contributed by atoms with Gasteiger partial charge in [-0.2, -0.15) is 0 Å². The highest BCUT2D eigenvalue weighted by Crippen LogP contribution is 2.07. The Labute approximate surface area is 74.6 Å². The van der Waals surface area contributed by atoms with E-state index < -0.39 is 0 Å². The summed E-state index contributed by atoms with van der Waals surface area (Å²) in [5, 5.41) is 0. The van der Waals surface area contributed by atoms with Gasteiger partial charge in [0.15, 0.2) is 0 Å². The minimum absolute atomic E-state index is 0.0439. The van der Waals surface area contributed by atoms with E-state index in [9.17, 15) is 4.79 Å². The van der Waals surface area contributed by atoms with E-state index in [4.69, 9.17) is 4.74 Å². The van der Waals surface area contributed by atoms with E-state index in [1.165, 1.54) is 0 Å². The highest BCUT2D eigenvalue weighted by atomic mass is 16.5. The Morgan fingerprint density at radius 2 is 1.92 bits per heavy atom. The zero-order chi connectivity index (χ0) is 9.72. The molecule has 0 aliphatic rings. The van der Waals surface area contributed by atoms with E-state index in [0.29, 0.717) is 0 Å². The van der Waals surface area contributed by atoms with Gasteiger partial charge in [0.25, 0.3) is 0 Å². The van der Waals surface area contributed by atoms with Crippen LogP contribution in [0.2, 0.25) is 0 Å². The molecule has 0 saturated heterocycles. The van der Waals surface area contributed by atoms with Crippen molar-refractivity contribution in [1.82, 2.24) is 0 Å². The van der Waals surface area contributed by atoms with Crippen LogP contribution in [-0.2, 0) is 9.53 Å². The maximum atomic E-state index is 11.1. The van der Waals surface area contributed by atoms with Crippen LogP contribution in [0.4, 0.5) is 0 Å². The number of carbonyl (C=O) groups excluding carboxylic acids is 1. The monoisotopic (exact) mass is 170 g/mol. The van der Waals surface area contributed by atoms with Crippen molar-refractivity contribution < 1.29 is 9.53 Å². The lowest BCUT2D eigenvalue weighted by atomic mass is 10.1. The summed E-state index contributed by atoms with van der Waals surface area (Å²) in [4.78, 5) is 11.1. The summed E-state index contributed by atoms with van der Waals surface area (Å²) in [6.45, 7) is 11.2. The molecule has 70 valence electrons. The standard InChI is InChI=1S/C10H18O2/c1-7(2)6-9(5)12-10(11)8(3)4/h8-9H,1,6H2,2-5H3. The van der Waals surface area contributed by atoms with Crippen molar-refractivity contribution in [3.8, 4) is 0 Å². The second-order valence-electron chi connectivity index (χ2n) is 3.56. The van der Waals surface area contributed by atoms with Crippen molar-refractivity contribution in [2.24, 2.45) is 5.92 Å². The van der Waals surface area contributed by atoms with Crippen molar-refractivity contribution in [1.29, 1.82) is 0 Å². The molecule has 12 heavy (non-hydrogen) atoms. The van der Waals surface area contributed by atoms with E-state index in [0.717, 1.165) is 12.0 Å². The molecule has 0 rings (SSSR count). The van der Waals surface area contributed by atoms with E-state index in [-0.39, 0.29) is 18.0 Å². The fourth-order valence-electron chi connectivity index (χ4n) is 0.867. The Morgan fingerprint density at radius 3 is 2.25 bits per heavy atom. The minimum Gasteiger partial charge on any atom is -0.462 e. The molecular formula is C10H18O2. The molecule has 0 amide bonds. The van der Waals surface area contributed by atoms with Crippen LogP contribution in [0, 0.1) is 5.92 Å². The van der Waals surface area contributed by atoms with Crippen LogP contribution < -0.4 is 0 Å². The smallest absolute Gasteiger partial charge is 0.308 e. The SMILES string of the molecule is C=C(C)CC(C)OC(=O)C(C)C. The Balaban J connectivity index is 3.76. The van der Waals surface area contributed by atoms with Gasteiger partial charge in [-0.1, -0.05) is 19.4 Å². The van der Waals surface area contributed by atoms with Crippen molar-refractivity contribution in [2.45, 2.75) is 40.2 Å². The number of hydrogen-bond acceptors (Lipinski definition) is 2. The predicted octanol–water partition coefficient (Wildman–Crippen LogP) is 2.54. The van der Waals surface area contributed by atoms with Gasteiger partial charge in [-0.15, -0.1) is 6.58 Å². The van der Waals surface area contributed by atoms with Crippen molar-refractivity contribution in [2.75, 3.05) is 0 Å². The van der Waals surface area contributed by atoms with Crippen LogP contribution in [0.1, 0.15) is 34.1 Å². The number of carbonyl (C=O) groups is 1. The lowest BCUT2D eigenvalue weighted by molar-refractivity contribution is -0.151. The zero-order valence-electron chi connectivity index (χ0n) is 8.39. The van der Waals surface area contributed by atoms with Gasteiger partial charge in [0.1, 0.15) is 6.10 Å². The molecule has 0 aromatic carbocycles. The van der Waals surface area contributed by atoms with Crippen molar-refractivity contribution in [3.63, 3.8) is 0 Å². The lowest BCUT2D eigenvalue weighted by Crippen LogP contribution is -2.19. The molecule has 0 spiro atoms. The zero-order valence-corrected chi connectivity index (χ0v) is 8.39. The van der Waals surface area contributed by atoms with Gasteiger partial charge in [0.2, 0.25) is 0 Å². The molecule has 0 heterocycles. The normalized spacial score (nSPS) is 12.8. The first-order valence-corrected chi connectivity index (χ1v) is 4.28. The second-order valence-corrected chi connectivity index (χ2v) is 3.56. The molecule has 2 nitrogen and oxygen atoms in total. The van der Waals surface area contributed by atoms with Crippen LogP contribution >= 0.6 is 0 Å². The highest BCUT2D eigenvalue weighted by molar-refractivity contribution is 5.71. The van der Waals surface area contributed by atoms with Gasteiger partial charge in [-0.25, -0.2) is 0 Å². The molecular weight excluding hydrogens is 152 g/mol. The molecule has 0 aliphatic carbocycles. The third-order valence-corrected chi connectivity index (χ3v) is 1.42. The summed E-state index contributed by atoms with van der Waals surface area (Å²) in [5.74, 6) is -0.179. The van der Waals surface area contributed by atoms with Crippen molar-refractivity contribution in [3.05, 3.63) is 12.2 Å². The average Bonchev–Trinajstić information content (AvgIpc) is 1.84. The van der Waals surface area contributed by atoms with E-state index in [2.05, 4.69) is 6.58 Å².